The summed E-state index contributed by atoms with van der Waals surface area (Å²) in [7, 11) is 0. The van der Waals surface area contributed by atoms with Gasteiger partial charge in [-0.2, -0.15) is 0 Å². The Morgan fingerprint density at radius 1 is 1.29 bits per heavy atom. The Balaban J connectivity index is 2.11. The molecule has 0 saturated heterocycles. The molecule has 2 nitrogen and oxygen atoms in total. The van der Waals surface area contributed by atoms with E-state index in [4.69, 9.17) is 39.8 Å². The third kappa shape index (κ3) is 3.18. The predicted octanol–water partition coefficient (Wildman–Crippen LogP) is 5.88. The first-order valence-corrected chi connectivity index (χ1v) is 8.84. The van der Waals surface area contributed by atoms with Gasteiger partial charge in [-0.25, -0.2) is 4.98 Å². The Kier molecular flexibility index (Phi) is 4.68. The van der Waals surface area contributed by atoms with Gasteiger partial charge in [0, 0.05) is 18.3 Å². The summed E-state index contributed by atoms with van der Waals surface area (Å²) in [4.78, 5) is 4.74. The minimum Gasteiger partial charge on any atom is -0.325 e. The van der Waals surface area contributed by atoms with Gasteiger partial charge in [-0.1, -0.05) is 43.0 Å². The minimum absolute atomic E-state index is 0.470. The second-order valence-corrected chi connectivity index (χ2v) is 7.03. The van der Waals surface area contributed by atoms with E-state index in [9.17, 15) is 0 Å². The van der Waals surface area contributed by atoms with E-state index in [1.165, 1.54) is 19.3 Å². The Labute approximate surface area is 140 Å². The van der Waals surface area contributed by atoms with Gasteiger partial charge in [0.15, 0.2) is 0 Å². The fourth-order valence-corrected chi connectivity index (χ4v) is 3.49. The van der Waals surface area contributed by atoms with Crippen LogP contribution in [-0.2, 0) is 6.42 Å². The molecule has 114 valence electrons. The van der Waals surface area contributed by atoms with Crippen LogP contribution in [0.15, 0.2) is 12.1 Å². The van der Waals surface area contributed by atoms with E-state index < -0.39 is 0 Å². The molecular weight excluding hydrogens is 327 g/mol. The van der Waals surface area contributed by atoms with E-state index >= 15 is 0 Å². The van der Waals surface area contributed by atoms with Crippen molar-refractivity contribution in [2.24, 2.45) is 5.92 Å². The number of benzene rings is 1. The molecule has 5 heteroatoms. The largest absolute Gasteiger partial charge is 0.325 e. The van der Waals surface area contributed by atoms with Crippen LogP contribution in [0.5, 0.6) is 0 Å². The average molecular weight is 346 g/mol. The van der Waals surface area contributed by atoms with Gasteiger partial charge in [0.25, 0.3) is 0 Å². The summed E-state index contributed by atoms with van der Waals surface area (Å²) in [6, 6.07) is 4.27. The normalized spacial score (nSPS) is 16.6. The van der Waals surface area contributed by atoms with Crippen LogP contribution in [-0.4, -0.2) is 15.4 Å². The molecule has 1 saturated carbocycles. The molecule has 1 unspecified atom stereocenters. The van der Waals surface area contributed by atoms with E-state index in [-0.39, 0.29) is 0 Å². The van der Waals surface area contributed by atoms with Crippen molar-refractivity contribution in [3.8, 4) is 0 Å². The zero-order valence-electron chi connectivity index (χ0n) is 12.1. The van der Waals surface area contributed by atoms with Gasteiger partial charge in [-0.3, -0.25) is 0 Å². The van der Waals surface area contributed by atoms with Gasteiger partial charge in [-0.15, -0.1) is 11.6 Å². The number of rotatable bonds is 6. The lowest BCUT2D eigenvalue weighted by Gasteiger charge is -2.20. The van der Waals surface area contributed by atoms with Crippen LogP contribution in [0.2, 0.25) is 10.0 Å². The van der Waals surface area contributed by atoms with Crippen molar-refractivity contribution in [3.63, 3.8) is 0 Å². The average Bonchev–Trinajstić information content (AvgIpc) is 3.21. The number of imidazole rings is 1. The quantitative estimate of drug-likeness (QED) is 0.598. The number of fused-ring (bicyclic) bond motifs is 1. The van der Waals surface area contributed by atoms with Gasteiger partial charge in [0.05, 0.1) is 21.1 Å². The molecule has 1 aliphatic carbocycles. The van der Waals surface area contributed by atoms with E-state index in [1.807, 2.05) is 12.1 Å². The van der Waals surface area contributed by atoms with Crippen molar-refractivity contribution in [2.45, 2.75) is 45.1 Å². The molecule has 1 aliphatic rings. The summed E-state index contributed by atoms with van der Waals surface area (Å²) in [6.07, 6.45) is 5.81. The highest BCUT2D eigenvalue weighted by molar-refractivity contribution is 6.42. The van der Waals surface area contributed by atoms with Crippen LogP contribution in [0.25, 0.3) is 11.0 Å². The molecule has 3 rings (SSSR count). The van der Waals surface area contributed by atoms with Crippen molar-refractivity contribution in [3.05, 3.63) is 28.0 Å². The molecule has 2 aromatic rings. The SMILES string of the molecule is CCC(CC1CC1)n1c(CCCl)nc2cc(Cl)c(Cl)cc21. The summed E-state index contributed by atoms with van der Waals surface area (Å²) in [5, 5.41) is 1.14. The van der Waals surface area contributed by atoms with Crippen molar-refractivity contribution in [2.75, 3.05) is 5.88 Å². The van der Waals surface area contributed by atoms with Crippen LogP contribution in [0.3, 0.4) is 0 Å². The molecule has 1 fully saturated rings. The molecule has 1 aromatic carbocycles. The van der Waals surface area contributed by atoms with Crippen molar-refractivity contribution < 1.29 is 0 Å². The smallest absolute Gasteiger partial charge is 0.111 e. The van der Waals surface area contributed by atoms with E-state index in [2.05, 4.69) is 11.5 Å². The standard InChI is InChI=1S/C16H19Cl3N2/c1-2-11(7-10-3-4-10)21-15-9-13(19)12(18)8-14(15)20-16(21)5-6-17/h8-11H,2-7H2,1H3. The van der Waals surface area contributed by atoms with Crippen molar-refractivity contribution in [1.29, 1.82) is 0 Å². The molecule has 1 atom stereocenters. The summed E-state index contributed by atoms with van der Waals surface area (Å²) in [6.45, 7) is 2.24. The number of nitrogens with zero attached hydrogens (tertiary/aromatic N) is 2. The first kappa shape index (κ1) is 15.5. The minimum atomic E-state index is 0.470. The zero-order valence-corrected chi connectivity index (χ0v) is 14.3. The fraction of sp³-hybridized carbons (Fsp3) is 0.562. The summed E-state index contributed by atoms with van der Waals surface area (Å²) in [5.74, 6) is 2.50. The van der Waals surface area contributed by atoms with Crippen LogP contribution < -0.4 is 0 Å². The molecule has 21 heavy (non-hydrogen) atoms. The predicted molar refractivity (Wildman–Crippen MR) is 90.8 cm³/mol. The molecule has 0 bridgehead atoms. The Hall–Kier alpha value is -0.440. The molecule has 0 radical (unpaired) electrons. The van der Waals surface area contributed by atoms with Gasteiger partial charge < -0.3 is 4.57 Å². The van der Waals surface area contributed by atoms with Gasteiger partial charge >= 0.3 is 0 Å². The third-order valence-corrected chi connectivity index (χ3v) is 5.17. The highest BCUT2D eigenvalue weighted by atomic mass is 35.5. The van der Waals surface area contributed by atoms with Gasteiger partial charge in [0.2, 0.25) is 0 Å². The van der Waals surface area contributed by atoms with E-state index in [0.717, 1.165) is 35.6 Å². The van der Waals surface area contributed by atoms with Crippen LogP contribution in [0.4, 0.5) is 0 Å². The lowest BCUT2D eigenvalue weighted by Crippen LogP contribution is -2.13. The van der Waals surface area contributed by atoms with Crippen molar-refractivity contribution in [1.82, 2.24) is 9.55 Å². The highest BCUT2D eigenvalue weighted by Crippen LogP contribution is 2.40. The highest BCUT2D eigenvalue weighted by Gasteiger charge is 2.27. The van der Waals surface area contributed by atoms with Crippen molar-refractivity contribution >= 4 is 45.8 Å². The monoisotopic (exact) mass is 344 g/mol. The molecule has 0 amide bonds. The Morgan fingerprint density at radius 3 is 2.62 bits per heavy atom. The lowest BCUT2D eigenvalue weighted by molar-refractivity contribution is 0.427. The summed E-state index contributed by atoms with van der Waals surface area (Å²) >= 11 is 18.3. The second kappa shape index (κ2) is 6.36. The maximum atomic E-state index is 6.21. The molecule has 1 heterocycles. The number of aryl methyl sites for hydroxylation is 1. The molecule has 0 aliphatic heterocycles. The lowest BCUT2D eigenvalue weighted by atomic mass is 10.1. The first-order valence-electron chi connectivity index (χ1n) is 7.55. The van der Waals surface area contributed by atoms with E-state index in [1.54, 1.807) is 0 Å². The first-order chi connectivity index (χ1) is 10.1. The molecule has 0 N–H and O–H groups in total. The molecule has 0 spiro atoms. The maximum absolute atomic E-state index is 6.21. The molecule has 1 aromatic heterocycles. The second-order valence-electron chi connectivity index (χ2n) is 5.83. The summed E-state index contributed by atoms with van der Waals surface area (Å²) in [5.41, 5.74) is 2.00. The zero-order chi connectivity index (χ0) is 15.0. The number of aromatic nitrogens is 2. The number of hydrogen-bond donors (Lipinski definition) is 0. The fourth-order valence-electron chi connectivity index (χ4n) is 3.00. The number of alkyl halides is 1. The van der Waals surface area contributed by atoms with Crippen LogP contribution in [0, 0.1) is 5.92 Å². The molecular formula is C16H19Cl3N2. The Morgan fingerprint density at radius 2 is 2.00 bits per heavy atom. The van der Waals surface area contributed by atoms with Gasteiger partial charge in [-0.05, 0) is 30.9 Å². The van der Waals surface area contributed by atoms with Gasteiger partial charge in [0.1, 0.15) is 5.82 Å². The summed E-state index contributed by atoms with van der Waals surface area (Å²) < 4.78 is 2.35. The third-order valence-electron chi connectivity index (χ3n) is 4.26. The Bertz CT molecular complexity index is 646. The van der Waals surface area contributed by atoms with Crippen LogP contribution in [0.1, 0.15) is 44.5 Å². The number of hydrogen-bond acceptors (Lipinski definition) is 1. The maximum Gasteiger partial charge on any atom is 0.111 e. The van der Waals surface area contributed by atoms with Crippen LogP contribution >= 0.6 is 34.8 Å². The topological polar surface area (TPSA) is 17.8 Å². The number of halogens is 3. The van der Waals surface area contributed by atoms with E-state index in [0.29, 0.717) is 22.0 Å².